The molecule has 0 aromatic carbocycles. The second-order valence-electron chi connectivity index (χ2n) is 23.8. The van der Waals surface area contributed by atoms with Gasteiger partial charge in [-0.25, -0.2) is 4.57 Å². The van der Waals surface area contributed by atoms with E-state index in [1.54, 1.807) is 0 Å². The van der Waals surface area contributed by atoms with Gasteiger partial charge in [0.25, 0.3) is 0 Å². The summed E-state index contributed by atoms with van der Waals surface area (Å²) in [6.45, 7) is 4.31. The van der Waals surface area contributed by atoms with Crippen molar-refractivity contribution in [2.75, 3.05) is 47.5 Å². The molecule has 2 atom stereocenters. The average Bonchev–Trinajstić information content (AvgIpc) is 3.50. The van der Waals surface area contributed by atoms with E-state index in [4.69, 9.17) is 18.5 Å². The molecule has 0 rings (SSSR count). The van der Waals surface area contributed by atoms with Gasteiger partial charge in [0.15, 0.2) is 6.10 Å². The molecule has 10 heteroatoms. The maximum atomic E-state index is 12.9. The Balaban J connectivity index is 4.16. The second-order valence-corrected chi connectivity index (χ2v) is 25.3. The van der Waals surface area contributed by atoms with Gasteiger partial charge in [0.05, 0.1) is 27.7 Å². The van der Waals surface area contributed by atoms with E-state index in [1.165, 1.54) is 122 Å². The number of phosphoric acid groups is 1. The maximum Gasteiger partial charge on any atom is 0.472 e. The summed E-state index contributed by atoms with van der Waals surface area (Å²) in [5, 5.41) is 0. The van der Waals surface area contributed by atoms with Crippen LogP contribution in [0, 0.1) is 0 Å². The summed E-state index contributed by atoms with van der Waals surface area (Å²) in [7, 11) is 1.45. The van der Waals surface area contributed by atoms with Gasteiger partial charge in [-0.15, -0.1) is 0 Å². The quantitative estimate of drug-likeness (QED) is 0.0211. The lowest BCUT2D eigenvalue weighted by molar-refractivity contribution is -0.870. The Hall–Kier alpha value is -3.85. The Labute approximate surface area is 523 Å². The summed E-state index contributed by atoms with van der Waals surface area (Å²) in [5.41, 5.74) is 0. The van der Waals surface area contributed by atoms with Crippen LogP contribution in [-0.4, -0.2) is 74.9 Å². The second kappa shape index (κ2) is 64.6. The molecule has 0 aliphatic rings. The van der Waals surface area contributed by atoms with Crippen molar-refractivity contribution in [3.8, 4) is 0 Å². The first-order valence-corrected chi connectivity index (χ1v) is 35.9. The van der Waals surface area contributed by atoms with Crippen molar-refractivity contribution in [2.24, 2.45) is 0 Å². The molecular formula is C75H129NO8P+. The smallest absolute Gasteiger partial charge is 0.462 e. The molecule has 0 aromatic rings. The minimum absolute atomic E-state index is 0.0225. The first-order valence-electron chi connectivity index (χ1n) is 34.4. The molecule has 2 unspecified atom stereocenters. The Bertz CT molecular complexity index is 1900. The van der Waals surface area contributed by atoms with Crippen LogP contribution in [0.2, 0.25) is 0 Å². The fraction of sp³-hybridized carbons (Fsp3) is 0.680. The zero-order valence-corrected chi connectivity index (χ0v) is 56.2. The molecule has 9 nitrogen and oxygen atoms in total. The highest BCUT2D eigenvalue weighted by atomic mass is 31.2. The third-order valence-electron chi connectivity index (χ3n) is 14.4. The normalized spacial score (nSPS) is 14.0. The number of hydrogen-bond acceptors (Lipinski definition) is 7. The highest BCUT2D eigenvalue weighted by Crippen LogP contribution is 2.43. The summed E-state index contributed by atoms with van der Waals surface area (Å²) in [4.78, 5) is 35.8. The van der Waals surface area contributed by atoms with Crippen molar-refractivity contribution < 1.29 is 42.1 Å². The number of rotatable bonds is 62. The zero-order chi connectivity index (χ0) is 61.9. The molecule has 85 heavy (non-hydrogen) atoms. The number of quaternary nitrogens is 1. The van der Waals surface area contributed by atoms with Gasteiger partial charge in [-0.1, -0.05) is 302 Å². The van der Waals surface area contributed by atoms with Crippen LogP contribution in [0.4, 0.5) is 0 Å². The first kappa shape index (κ1) is 81.2. The van der Waals surface area contributed by atoms with E-state index in [0.717, 1.165) is 122 Å². The molecule has 0 heterocycles. The van der Waals surface area contributed by atoms with Crippen LogP contribution >= 0.6 is 7.82 Å². The number of likely N-dealkylation sites (N-methyl/N-ethyl adjacent to an activating group) is 1. The number of carbonyl (C=O) groups is 2. The van der Waals surface area contributed by atoms with Crippen molar-refractivity contribution in [2.45, 2.75) is 283 Å². The van der Waals surface area contributed by atoms with Crippen LogP contribution in [-0.2, 0) is 32.7 Å². The summed E-state index contributed by atoms with van der Waals surface area (Å²) >= 11 is 0. The van der Waals surface area contributed by atoms with Crippen molar-refractivity contribution in [1.29, 1.82) is 0 Å². The van der Waals surface area contributed by atoms with E-state index in [1.807, 2.05) is 21.1 Å². The molecule has 1 N–H and O–H groups in total. The number of nitrogens with zero attached hydrogens (tertiary/aromatic N) is 1. The lowest BCUT2D eigenvalue weighted by Crippen LogP contribution is -2.37. The summed E-state index contributed by atoms with van der Waals surface area (Å²) < 4.78 is 34.7. The Morgan fingerprint density at radius 2 is 0.671 bits per heavy atom. The van der Waals surface area contributed by atoms with Crippen molar-refractivity contribution in [1.82, 2.24) is 0 Å². The van der Waals surface area contributed by atoms with E-state index in [-0.39, 0.29) is 32.0 Å². The molecule has 0 saturated heterocycles. The molecule has 0 aromatic heterocycles. The number of ether oxygens (including phenoxy) is 2. The number of phosphoric ester groups is 1. The van der Waals surface area contributed by atoms with Gasteiger partial charge in [0.1, 0.15) is 19.8 Å². The number of carbonyl (C=O) groups excluding carboxylic acids is 2. The number of unbranched alkanes of at least 4 members (excludes halogenated alkanes) is 26. The minimum atomic E-state index is -4.40. The monoisotopic (exact) mass is 1200 g/mol. The molecule has 0 spiro atoms. The third kappa shape index (κ3) is 69.1. The molecule has 0 bridgehead atoms. The van der Waals surface area contributed by atoms with E-state index in [0.29, 0.717) is 17.4 Å². The predicted molar refractivity (Wildman–Crippen MR) is 367 cm³/mol. The average molecular weight is 1200 g/mol. The molecule has 0 radical (unpaired) electrons. The van der Waals surface area contributed by atoms with Gasteiger partial charge in [-0.3, -0.25) is 18.6 Å². The lowest BCUT2D eigenvalue weighted by atomic mass is 10.0. The van der Waals surface area contributed by atoms with Gasteiger partial charge in [0, 0.05) is 12.8 Å². The van der Waals surface area contributed by atoms with E-state index < -0.39 is 26.5 Å². The predicted octanol–water partition coefficient (Wildman–Crippen LogP) is 22.4. The molecule has 0 amide bonds. The Morgan fingerprint density at radius 1 is 0.376 bits per heavy atom. The molecule has 486 valence electrons. The number of esters is 2. The minimum Gasteiger partial charge on any atom is -0.462 e. The van der Waals surface area contributed by atoms with Crippen LogP contribution in [0.25, 0.3) is 0 Å². The van der Waals surface area contributed by atoms with Crippen LogP contribution in [0.3, 0.4) is 0 Å². The largest absolute Gasteiger partial charge is 0.472 e. The lowest BCUT2D eigenvalue weighted by Gasteiger charge is -2.24. The Morgan fingerprint density at radius 3 is 1.00 bits per heavy atom. The number of hydrogen-bond donors (Lipinski definition) is 1. The van der Waals surface area contributed by atoms with Crippen LogP contribution in [0.1, 0.15) is 277 Å². The first-order chi connectivity index (χ1) is 41.5. The maximum absolute atomic E-state index is 12.9. The molecular weight excluding hydrogens is 1070 g/mol. The molecule has 0 aliphatic carbocycles. The van der Waals surface area contributed by atoms with Crippen LogP contribution < -0.4 is 0 Å². The highest BCUT2D eigenvalue weighted by molar-refractivity contribution is 7.47. The van der Waals surface area contributed by atoms with Gasteiger partial charge in [0.2, 0.25) is 0 Å². The van der Waals surface area contributed by atoms with Gasteiger partial charge >= 0.3 is 19.8 Å². The molecule has 0 fully saturated rings. The SMILES string of the molecule is CC/C=C\C/C=C\C/C=C\C/C=C\C/C=C\C/C=C\C/C=C\C/C=C\C/C=C\C/C=C\C/C=C\CCCCCCCC(=O)OC(COC(=O)CCCCCCCCCCCCCCCCCCCCCCCC)COP(=O)(O)OCC[N+](C)(C)C. The fourth-order valence-corrected chi connectivity index (χ4v) is 9.94. The summed E-state index contributed by atoms with van der Waals surface area (Å²) in [6, 6.07) is 0. The molecule has 0 saturated carbocycles. The van der Waals surface area contributed by atoms with Crippen molar-refractivity contribution >= 4 is 19.8 Å². The van der Waals surface area contributed by atoms with Crippen molar-refractivity contribution in [3.63, 3.8) is 0 Å². The standard InChI is InChI=1S/C75H128NO8P/c1-6-8-10-12-14-16-18-20-22-24-26-28-30-31-32-33-34-35-36-37-38-39-40-41-42-43-44-45-46-48-50-52-54-56-58-60-62-64-66-68-75(78)84-73(72-83-85(79,80)82-70-69-76(3,4)5)71-81-74(77)67-65-63-61-59-57-55-53-51-49-47-29-27-25-23-21-19-17-15-13-11-9-7-2/h8,10,14,16,20,22,26,28,31-32,34-35,37-38,40-41,43-44,46,48,52,54,73H,6-7,9,11-13,15,17-19,21,23-25,27,29-30,33,36,39,42,45,47,49-51,53,55-72H2,1-5H3/p+1/b10-8-,16-14-,22-20-,28-26-,32-31-,35-34-,38-37-,41-40-,44-43-,48-46-,54-52-. The van der Waals surface area contributed by atoms with E-state index in [2.05, 4.69) is 148 Å². The third-order valence-corrected chi connectivity index (χ3v) is 15.4. The number of allylic oxidation sites excluding steroid dienone is 22. The van der Waals surface area contributed by atoms with Gasteiger partial charge in [-0.2, -0.15) is 0 Å². The highest BCUT2D eigenvalue weighted by Gasteiger charge is 2.27. The summed E-state index contributed by atoms with van der Waals surface area (Å²) in [5.74, 6) is -0.818. The zero-order valence-electron chi connectivity index (χ0n) is 55.3. The van der Waals surface area contributed by atoms with E-state index >= 15 is 0 Å². The van der Waals surface area contributed by atoms with E-state index in [9.17, 15) is 19.0 Å². The van der Waals surface area contributed by atoms with Crippen molar-refractivity contribution in [3.05, 3.63) is 134 Å². The van der Waals surface area contributed by atoms with Crippen LogP contribution in [0.15, 0.2) is 134 Å². The topological polar surface area (TPSA) is 108 Å². The summed E-state index contributed by atoms with van der Waals surface area (Å²) in [6.07, 6.45) is 94.0. The van der Waals surface area contributed by atoms with Crippen LogP contribution in [0.5, 0.6) is 0 Å². The van der Waals surface area contributed by atoms with Gasteiger partial charge in [-0.05, 0) is 96.3 Å². The fourth-order valence-electron chi connectivity index (χ4n) is 9.20. The van der Waals surface area contributed by atoms with Gasteiger partial charge < -0.3 is 18.9 Å². The molecule has 0 aliphatic heterocycles. The Kier molecular flexibility index (Phi) is 61.7.